The molecule has 0 aromatic heterocycles. The second-order valence-corrected chi connectivity index (χ2v) is 8.05. The van der Waals surface area contributed by atoms with Gasteiger partial charge in [-0.2, -0.15) is 0 Å². The number of rotatable bonds is 18. The maximum absolute atomic E-state index is 5.92. The van der Waals surface area contributed by atoms with Gasteiger partial charge in [0.25, 0.3) is 0 Å². The van der Waals surface area contributed by atoms with Gasteiger partial charge in [-0.1, -0.05) is 0 Å². The molecule has 0 aliphatic carbocycles. The van der Waals surface area contributed by atoms with Crippen molar-refractivity contribution in [2.45, 2.75) is 47.1 Å². The Morgan fingerprint density at radius 1 is 0.625 bits per heavy atom. The Morgan fingerprint density at radius 3 is 1.46 bits per heavy atom. The van der Waals surface area contributed by atoms with Crippen LogP contribution in [0.25, 0.3) is 0 Å². The third-order valence-electron chi connectivity index (χ3n) is 3.56. The summed E-state index contributed by atoms with van der Waals surface area (Å²) in [4.78, 5) is 2.38. The molecule has 0 spiro atoms. The lowest BCUT2D eigenvalue weighted by atomic mass is 10.4. The van der Waals surface area contributed by atoms with Crippen LogP contribution in [0.3, 0.4) is 0 Å². The topological polar surface area (TPSA) is 49.4 Å². The Hall–Kier alpha value is -0.0231. The zero-order valence-corrected chi connectivity index (χ0v) is 17.5. The molecule has 0 N–H and O–H groups in total. The minimum Gasteiger partial charge on any atom is -0.380 e. The van der Waals surface area contributed by atoms with Gasteiger partial charge < -0.3 is 22.8 Å². The summed E-state index contributed by atoms with van der Waals surface area (Å²) in [6.07, 6.45) is 0.991. The molecule has 0 radical (unpaired) electrons. The zero-order valence-electron chi connectivity index (χ0n) is 16.5. The van der Waals surface area contributed by atoms with Crippen molar-refractivity contribution in [2.75, 3.05) is 65.9 Å². The molecule has 24 heavy (non-hydrogen) atoms. The van der Waals surface area contributed by atoms with Crippen molar-refractivity contribution in [1.29, 1.82) is 0 Å². The van der Waals surface area contributed by atoms with Crippen LogP contribution in [0.15, 0.2) is 0 Å². The Morgan fingerprint density at radius 2 is 1.08 bits per heavy atom. The van der Waals surface area contributed by atoms with E-state index in [4.69, 9.17) is 22.8 Å². The molecular formula is C17H39NO5Si. The number of hydrogen-bond donors (Lipinski definition) is 0. The van der Waals surface area contributed by atoms with E-state index in [0.717, 1.165) is 58.5 Å². The third-order valence-corrected chi connectivity index (χ3v) is 6.71. The van der Waals surface area contributed by atoms with Gasteiger partial charge in [0.15, 0.2) is 0 Å². The Kier molecular flexibility index (Phi) is 16.4. The van der Waals surface area contributed by atoms with Crippen LogP contribution in [0.4, 0.5) is 0 Å². The molecule has 0 amide bonds. The second-order valence-electron chi connectivity index (χ2n) is 5.32. The molecule has 7 heteroatoms. The molecule has 0 saturated carbocycles. The summed E-state index contributed by atoms with van der Waals surface area (Å²) in [6, 6.07) is 0.849. The van der Waals surface area contributed by atoms with E-state index in [2.05, 4.69) is 4.90 Å². The zero-order chi connectivity index (χ0) is 18.1. The van der Waals surface area contributed by atoms with Crippen LogP contribution in [0, 0.1) is 0 Å². The average Bonchev–Trinajstić information content (AvgIpc) is 2.55. The van der Waals surface area contributed by atoms with Crippen LogP contribution in [-0.4, -0.2) is 79.6 Å². The summed E-state index contributed by atoms with van der Waals surface area (Å²) in [5, 5.41) is 0. The molecule has 0 heterocycles. The van der Waals surface area contributed by atoms with Gasteiger partial charge >= 0.3 is 8.80 Å². The minimum atomic E-state index is -2.53. The number of ether oxygens (including phenoxy) is 2. The van der Waals surface area contributed by atoms with Gasteiger partial charge in [0.1, 0.15) is 0 Å². The number of nitrogens with zero attached hydrogens (tertiary/aromatic N) is 1. The molecule has 0 aliphatic heterocycles. The van der Waals surface area contributed by atoms with E-state index >= 15 is 0 Å². The Bertz CT molecular complexity index is 244. The van der Waals surface area contributed by atoms with Gasteiger partial charge in [-0.05, 0) is 47.6 Å². The van der Waals surface area contributed by atoms with Crippen molar-refractivity contribution in [3.8, 4) is 0 Å². The first kappa shape index (κ1) is 24.0. The second kappa shape index (κ2) is 16.4. The molecule has 0 unspecified atom stereocenters. The van der Waals surface area contributed by atoms with Gasteiger partial charge in [-0.15, -0.1) is 0 Å². The molecule has 0 aromatic rings. The first-order valence-corrected chi connectivity index (χ1v) is 11.4. The van der Waals surface area contributed by atoms with E-state index < -0.39 is 8.80 Å². The van der Waals surface area contributed by atoms with Gasteiger partial charge in [-0.3, -0.25) is 4.90 Å². The largest absolute Gasteiger partial charge is 0.500 e. The van der Waals surface area contributed by atoms with Crippen LogP contribution in [0.5, 0.6) is 0 Å². The Balaban J connectivity index is 4.42. The van der Waals surface area contributed by atoms with E-state index in [1.807, 2.05) is 34.6 Å². The van der Waals surface area contributed by atoms with Crippen LogP contribution in [0.1, 0.15) is 41.0 Å². The van der Waals surface area contributed by atoms with Gasteiger partial charge in [-0.25, -0.2) is 0 Å². The van der Waals surface area contributed by atoms with Crippen LogP contribution < -0.4 is 0 Å². The maximum atomic E-state index is 5.92. The molecule has 0 saturated heterocycles. The van der Waals surface area contributed by atoms with Gasteiger partial charge in [0.05, 0.1) is 13.2 Å². The summed E-state index contributed by atoms with van der Waals surface area (Å²) in [6.45, 7) is 17.8. The summed E-state index contributed by atoms with van der Waals surface area (Å²) in [7, 11) is -2.53. The van der Waals surface area contributed by atoms with E-state index in [1.165, 1.54) is 0 Å². The molecule has 0 atom stereocenters. The van der Waals surface area contributed by atoms with E-state index in [9.17, 15) is 0 Å². The van der Waals surface area contributed by atoms with Crippen molar-refractivity contribution in [3.05, 3.63) is 0 Å². The highest BCUT2D eigenvalue weighted by molar-refractivity contribution is 6.60. The van der Waals surface area contributed by atoms with Crippen molar-refractivity contribution in [3.63, 3.8) is 0 Å². The van der Waals surface area contributed by atoms with Crippen molar-refractivity contribution >= 4 is 8.80 Å². The van der Waals surface area contributed by atoms with E-state index in [0.29, 0.717) is 19.8 Å². The molecule has 146 valence electrons. The first-order valence-electron chi connectivity index (χ1n) is 9.47. The Labute approximate surface area is 150 Å². The van der Waals surface area contributed by atoms with Crippen LogP contribution >= 0.6 is 0 Å². The van der Waals surface area contributed by atoms with Crippen molar-refractivity contribution in [1.82, 2.24) is 4.90 Å². The van der Waals surface area contributed by atoms with Crippen LogP contribution in [0.2, 0.25) is 6.04 Å². The predicted octanol–water partition coefficient (Wildman–Crippen LogP) is 2.80. The molecular weight excluding hydrogens is 326 g/mol. The molecule has 0 aromatic carbocycles. The molecule has 6 nitrogen and oxygen atoms in total. The summed E-state index contributed by atoms with van der Waals surface area (Å²) < 4.78 is 28.7. The fourth-order valence-electron chi connectivity index (χ4n) is 2.53. The molecule has 0 bridgehead atoms. The summed E-state index contributed by atoms with van der Waals surface area (Å²) in [5.74, 6) is 0. The lowest BCUT2D eigenvalue weighted by Gasteiger charge is -2.29. The summed E-state index contributed by atoms with van der Waals surface area (Å²) in [5.41, 5.74) is 0. The normalized spacial score (nSPS) is 12.2. The lowest BCUT2D eigenvalue weighted by molar-refractivity contribution is 0.0664. The highest BCUT2D eigenvalue weighted by Gasteiger charge is 2.39. The van der Waals surface area contributed by atoms with E-state index in [1.54, 1.807) is 0 Å². The minimum absolute atomic E-state index is 0.630. The smallest absolute Gasteiger partial charge is 0.380 e. The van der Waals surface area contributed by atoms with Crippen LogP contribution in [-0.2, 0) is 22.8 Å². The highest BCUT2D eigenvalue weighted by atomic mass is 28.4. The average molecular weight is 366 g/mol. The standard InChI is InChI=1S/C17H39NO5Si/c1-6-19-15-13-18(14-16-20-7-2)12-11-17-24(21-8-3,22-9-4)23-10-5/h6-17H2,1-5H3. The fourth-order valence-corrected chi connectivity index (χ4v) is 5.13. The van der Waals surface area contributed by atoms with Crippen molar-refractivity contribution < 1.29 is 22.8 Å². The first-order chi connectivity index (χ1) is 11.7. The SMILES string of the molecule is CCOCCN(CCC[Si](OCC)(OCC)OCC)CCOCC. The molecule has 0 fully saturated rings. The number of hydrogen-bond acceptors (Lipinski definition) is 6. The third kappa shape index (κ3) is 11.5. The monoisotopic (exact) mass is 365 g/mol. The van der Waals surface area contributed by atoms with Gasteiger partial charge in [0.2, 0.25) is 0 Å². The fraction of sp³-hybridized carbons (Fsp3) is 1.00. The molecule has 0 rings (SSSR count). The summed E-state index contributed by atoms with van der Waals surface area (Å²) >= 11 is 0. The van der Waals surface area contributed by atoms with Crippen molar-refractivity contribution in [2.24, 2.45) is 0 Å². The lowest BCUT2D eigenvalue weighted by Crippen LogP contribution is -2.46. The van der Waals surface area contributed by atoms with Gasteiger partial charge in [0, 0.05) is 52.2 Å². The molecule has 0 aliphatic rings. The van der Waals surface area contributed by atoms with E-state index in [-0.39, 0.29) is 0 Å². The maximum Gasteiger partial charge on any atom is 0.500 e. The quantitative estimate of drug-likeness (QED) is 0.275. The predicted molar refractivity (Wildman–Crippen MR) is 99.5 cm³/mol. The highest BCUT2D eigenvalue weighted by Crippen LogP contribution is 2.18.